The molecule has 0 aromatic rings. The molecule has 0 radical (unpaired) electrons. The van der Waals surface area contributed by atoms with Crippen LogP contribution in [0.4, 0.5) is 0 Å². The molecule has 0 bridgehead atoms. The quantitative estimate of drug-likeness (QED) is 0.713. The average molecular weight is 228 g/mol. The molecule has 0 heterocycles. The van der Waals surface area contributed by atoms with Gasteiger partial charge in [-0.05, 0) is 30.7 Å². The Morgan fingerprint density at radius 2 is 1.53 bits per heavy atom. The maximum Gasteiger partial charge on any atom is 0.125 e. The largest absolute Gasteiger partial charge is 0.334 e. The first kappa shape index (κ1) is 13.2. The molecule has 2 nitrogen and oxygen atoms in total. The van der Waals surface area contributed by atoms with Crippen LogP contribution in [0.5, 0.6) is 0 Å². The van der Waals surface area contributed by atoms with Gasteiger partial charge >= 0.3 is 0 Å². The van der Waals surface area contributed by atoms with Crippen LogP contribution in [0, 0.1) is 0 Å². The minimum Gasteiger partial charge on any atom is -0.334 e. The summed E-state index contributed by atoms with van der Waals surface area (Å²) in [6, 6.07) is 1.19. The van der Waals surface area contributed by atoms with Crippen molar-refractivity contribution in [2.45, 2.75) is 76.7 Å². The molecule has 1 aliphatic carbocycles. The lowest BCUT2D eigenvalue weighted by molar-refractivity contribution is 0.370. The zero-order valence-corrected chi connectivity index (χ0v) is 12.1. The van der Waals surface area contributed by atoms with E-state index in [4.69, 9.17) is 5.73 Å². The second-order valence-corrected chi connectivity index (χ2v) is 11.7. The highest BCUT2D eigenvalue weighted by molar-refractivity contribution is 6.77. The van der Waals surface area contributed by atoms with Crippen molar-refractivity contribution in [3.05, 3.63) is 0 Å². The Morgan fingerprint density at radius 1 is 1.07 bits per heavy atom. The van der Waals surface area contributed by atoms with E-state index in [0.717, 1.165) is 6.04 Å². The fraction of sp³-hybridized carbons (Fsp3) is 1.00. The molecular weight excluding hydrogens is 200 g/mol. The molecule has 3 heteroatoms. The van der Waals surface area contributed by atoms with E-state index in [1.165, 1.54) is 25.7 Å². The van der Waals surface area contributed by atoms with Crippen LogP contribution in [0.2, 0.25) is 18.1 Å². The summed E-state index contributed by atoms with van der Waals surface area (Å²) in [4.78, 5) is 3.94. The monoisotopic (exact) mass is 228 g/mol. The van der Waals surface area contributed by atoms with Gasteiger partial charge < -0.3 is 10.7 Å². The minimum absolute atomic E-state index is 0.437. The van der Waals surface area contributed by atoms with E-state index < -0.39 is 8.24 Å². The van der Waals surface area contributed by atoms with Crippen molar-refractivity contribution in [3.8, 4) is 0 Å². The van der Waals surface area contributed by atoms with Crippen LogP contribution in [0.25, 0.3) is 0 Å². The molecule has 0 aliphatic heterocycles. The van der Waals surface area contributed by atoms with Crippen LogP contribution in [-0.4, -0.2) is 20.3 Å². The Morgan fingerprint density at radius 3 is 1.93 bits per heavy atom. The molecular formula is C12H28N2Si. The first-order chi connectivity index (χ1) is 6.72. The molecule has 0 unspecified atom stereocenters. The summed E-state index contributed by atoms with van der Waals surface area (Å²) in [5.74, 6) is 0. The standard InChI is InChI=1S/C12H28N2Si/c1-12(2,3)15(4,5)14-11-8-6-10(13)7-9-11/h10-11,14H,6-9,13H2,1-5H3. The van der Waals surface area contributed by atoms with E-state index in [0.29, 0.717) is 11.1 Å². The van der Waals surface area contributed by atoms with Gasteiger partial charge in [0.1, 0.15) is 8.24 Å². The second kappa shape index (κ2) is 4.56. The van der Waals surface area contributed by atoms with Gasteiger partial charge in [0.2, 0.25) is 0 Å². The normalized spacial score (nSPS) is 29.2. The van der Waals surface area contributed by atoms with Gasteiger partial charge in [0, 0.05) is 12.1 Å². The van der Waals surface area contributed by atoms with Gasteiger partial charge in [0.05, 0.1) is 0 Å². The van der Waals surface area contributed by atoms with Crippen molar-refractivity contribution < 1.29 is 0 Å². The summed E-state index contributed by atoms with van der Waals surface area (Å²) >= 11 is 0. The molecule has 0 saturated heterocycles. The van der Waals surface area contributed by atoms with Gasteiger partial charge in [0.15, 0.2) is 0 Å². The molecule has 0 amide bonds. The molecule has 0 spiro atoms. The maximum atomic E-state index is 5.93. The van der Waals surface area contributed by atoms with Crippen molar-refractivity contribution >= 4 is 8.24 Å². The third-order valence-electron chi connectivity index (χ3n) is 4.21. The minimum atomic E-state index is -1.31. The lowest BCUT2D eigenvalue weighted by atomic mass is 9.93. The van der Waals surface area contributed by atoms with E-state index >= 15 is 0 Å². The number of hydrogen-bond acceptors (Lipinski definition) is 2. The van der Waals surface area contributed by atoms with Crippen LogP contribution in [0.3, 0.4) is 0 Å². The van der Waals surface area contributed by atoms with E-state index in [1.807, 2.05) is 0 Å². The Hall–Kier alpha value is 0.137. The van der Waals surface area contributed by atoms with Crippen molar-refractivity contribution in [1.82, 2.24) is 4.98 Å². The fourth-order valence-corrected chi connectivity index (χ4v) is 3.73. The number of rotatable bonds is 2. The van der Waals surface area contributed by atoms with Crippen LogP contribution in [-0.2, 0) is 0 Å². The van der Waals surface area contributed by atoms with E-state index in [9.17, 15) is 0 Å². The molecule has 1 aliphatic rings. The van der Waals surface area contributed by atoms with E-state index in [-0.39, 0.29) is 0 Å². The summed E-state index contributed by atoms with van der Waals surface area (Å²) in [6.07, 6.45) is 4.94. The van der Waals surface area contributed by atoms with E-state index in [1.54, 1.807) is 0 Å². The molecule has 0 aromatic heterocycles. The molecule has 1 saturated carbocycles. The zero-order valence-electron chi connectivity index (χ0n) is 11.1. The Labute approximate surface area is 96.1 Å². The molecule has 3 N–H and O–H groups in total. The maximum absolute atomic E-state index is 5.93. The highest BCUT2D eigenvalue weighted by Crippen LogP contribution is 2.35. The molecule has 0 atom stereocenters. The Bertz CT molecular complexity index is 200. The predicted octanol–water partition coefficient (Wildman–Crippen LogP) is 2.85. The lowest BCUT2D eigenvalue weighted by Gasteiger charge is -2.42. The van der Waals surface area contributed by atoms with Crippen LogP contribution in [0.1, 0.15) is 46.5 Å². The topological polar surface area (TPSA) is 38.0 Å². The lowest BCUT2D eigenvalue weighted by Crippen LogP contribution is -2.57. The van der Waals surface area contributed by atoms with Gasteiger partial charge in [-0.1, -0.05) is 33.9 Å². The number of nitrogens with one attached hydrogen (secondary N) is 1. The summed E-state index contributed by atoms with van der Waals surface area (Å²) in [5, 5.41) is 0.437. The first-order valence-corrected chi connectivity index (χ1v) is 9.26. The van der Waals surface area contributed by atoms with Gasteiger partial charge in [-0.25, -0.2) is 0 Å². The summed E-state index contributed by atoms with van der Waals surface area (Å²) < 4.78 is 0. The Kier molecular flexibility index (Phi) is 4.01. The predicted molar refractivity (Wildman–Crippen MR) is 70.6 cm³/mol. The smallest absolute Gasteiger partial charge is 0.125 e. The van der Waals surface area contributed by atoms with Gasteiger partial charge in [-0.2, -0.15) is 0 Å². The molecule has 1 fully saturated rings. The number of nitrogens with two attached hydrogens (primary N) is 1. The summed E-state index contributed by atoms with van der Waals surface area (Å²) in [6.45, 7) is 12.0. The highest BCUT2D eigenvalue weighted by Gasteiger charge is 2.37. The van der Waals surface area contributed by atoms with Crippen LogP contribution >= 0.6 is 0 Å². The zero-order chi connectivity index (χ0) is 11.7. The highest BCUT2D eigenvalue weighted by atomic mass is 28.3. The molecule has 90 valence electrons. The van der Waals surface area contributed by atoms with Crippen LogP contribution in [0.15, 0.2) is 0 Å². The van der Waals surface area contributed by atoms with Gasteiger partial charge in [-0.3, -0.25) is 0 Å². The molecule has 0 aromatic carbocycles. The SMILES string of the molecule is CC(C)(C)[Si](C)(C)NC1CCC(N)CC1. The third kappa shape index (κ3) is 3.57. The number of hydrogen-bond donors (Lipinski definition) is 2. The third-order valence-corrected chi connectivity index (χ3v) is 9.09. The van der Waals surface area contributed by atoms with Crippen molar-refractivity contribution in [3.63, 3.8) is 0 Å². The molecule has 15 heavy (non-hydrogen) atoms. The fourth-order valence-electron chi connectivity index (χ4n) is 1.99. The van der Waals surface area contributed by atoms with Crippen molar-refractivity contribution in [1.29, 1.82) is 0 Å². The van der Waals surface area contributed by atoms with Crippen molar-refractivity contribution in [2.75, 3.05) is 0 Å². The van der Waals surface area contributed by atoms with Gasteiger partial charge in [0.25, 0.3) is 0 Å². The second-order valence-electron chi connectivity index (χ2n) is 6.63. The summed E-state index contributed by atoms with van der Waals surface area (Å²) in [7, 11) is -1.31. The van der Waals surface area contributed by atoms with Crippen molar-refractivity contribution in [2.24, 2.45) is 5.73 Å². The van der Waals surface area contributed by atoms with Gasteiger partial charge in [-0.15, -0.1) is 0 Å². The van der Waals surface area contributed by atoms with E-state index in [2.05, 4.69) is 38.8 Å². The molecule has 1 rings (SSSR count). The first-order valence-electron chi connectivity index (χ1n) is 6.26. The Balaban J connectivity index is 2.48. The van der Waals surface area contributed by atoms with Crippen LogP contribution < -0.4 is 10.7 Å². The average Bonchev–Trinajstić information content (AvgIpc) is 2.06. The summed E-state index contributed by atoms with van der Waals surface area (Å²) in [5.41, 5.74) is 5.93.